The summed E-state index contributed by atoms with van der Waals surface area (Å²) in [5, 5.41) is 0. The average Bonchev–Trinajstić information content (AvgIpc) is 2.04. The van der Waals surface area contributed by atoms with Crippen LogP contribution in [0, 0.1) is 0 Å². The second-order valence-corrected chi connectivity index (χ2v) is 3.11. The van der Waals surface area contributed by atoms with Gasteiger partial charge in [-0.05, 0) is 6.07 Å². The van der Waals surface area contributed by atoms with Gasteiger partial charge in [0.1, 0.15) is 0 Å². The molecule has 0 aliphatic rings. The van der Waals surface area contributed by atoms with Crippen molar-refractivity contribution >= 4 is 15.9 Å². The molecule has 1 rings (SSSR count). The van der Waals surface area contributed by atoms with Gasteiger partial charge >= 0.3 is 0 Å². The van der Waals surface area contributed by atoms with Gasteiger partial charge in [0.05, 0.1) is 0 Å². The van der Waals surface area contributed by atoms with Crippen LogP contribution in [0.3, 0.4) is 0 Å². The SMILES string of the molecule is FC(F)[C@H](F)c1ccccc1Br. The highest BCUT2D eigenvalue weighted by Crippen LogP contribution is 2.30. The van der Waals surface area contributed by atoms with Gasteiger partial charge in [-0.25, -0.2) is 13.2 Å². The van der Waals surface area contributed by atoms with Gasteiger partial charge in [-0.3, -0.25) is 0 Å². The van der Waals surface area contributed by atoms with E-state index in [1.807, 2.05) is 0 Å². The molecule has 0 radical (unpaired) electrons. The molecule has 4 heteroatoms. The highest BCUT2D eigenvalue weighted by atomic mass is 79.9. The number of halogens is 4. The average molecular weight is 239 g/mol. The molecule has 0 spiro atoms. The lowest BCUT2D eigenvalue weighted by Crippen LogP contribution is -2.03. The molecule has 0 nitrogen and oxygen atoms in total. The minimum atomic E-state index is -2.97. The van der Waals surface area contributed by atoms with E-state index in [1.165, 1.54) is 18.2 Å². The van der Waals surface area contributed by atoms with Gasteiger partial charge in [0, 0.05) is 10.0 Å². The lowest BCUT2D eigenvalue weighted by molar-refractivity contribution is 0.0492. The molecule has 0 saturated heterocycles. The van der Waals surface area contributed by atoms with Crippen LogP contribution < -0.4 is 0 Å². The predicted molar refractivity (Wildman–Crippen MR) is 44.0 cm³/mol. The second-order valence-electron chi connectivity index (χ2n) is 2.26. The minimum Gasteiger partial charge on any atom is -0.236 e. The fourth-order valence-electron chi connectivity index (χ4n) is 0.834. The number of benzene rings is 1. The Labute approximate surface area is 76.5 Å². The van der Waals surface area contributed by atoms with Gasteiger partial charge in [0.25, 0.3) is 6.43 Å². The molecule has 0 fully saturated rings. The summed E-state index contributed by atoms with van der Waals surface area (Å²) in [5.74, 6) is 0. The number of alkyl halides is 3. The molecule has 0 saturated carbocycles. The van der Waals surface area contributed by atoms with E-state index in [-0.39, 0.29) is 5.56 Å². The molecule has 0 heterocycles. The van der Waals surface area contributed by atoms with Crippen LogP contribution in [-0.2, 0) is 0 Å². The van der Waals surface area contributed by atoms with E-state index in [0.29, 0.717) is 4.47 Å². The molecule has 1 aromatic carbocycles. The molecule has 1 atom stereocenters. The third kappa shape index (κ3) is 2.00. The normalized spacial score (nSPS) is 13.4. The van der Waals surface area contributed by atoms with Gasteiger partial charge in [0.2, 0.25) is 0 Å². The van der Waals surface area contributed by atoms with Crippen molar-refractivity contribution in [3.05, 3.63) is 34.3 Å². The lowest BCUT2D eigenvalue weighted by atomic mass is 10.1. The van der Waals surface area contributed by atoms with Crippen molar-refractivity contribution in [2.75, 3.05) is 0 Å². The topological polar surface area (TPSA) is 0 Å². The monoisotopic (exact) mass is 238 g/mol. The molecule has 66 valence electrons. The first-order valence-corrected chi connectivity index (χ1v) is 4.09. The highest BCUT2D eigenvalue weighted by Gasteiger charge is 2.22. The van der Waals surface area contributed by atoms with Crippen LogP contribution in [0.4, 0.5) is 13.2 Å². The summed E-state index contributed by atoms with van der Waals surface area (Å²) in [5.41, 5.74) is -0.00694. The van der Waals surface area contributed by atoms with Gasteiger partial charge < -0.3 is 0 Å². The van der Waals surface area contributed by atoms with Crippen LogP contribution in [0.15, 0.2) is 28.7 Å². The highest BCUT2D eigenvalue weighted by molar-refractivity contribution is 9.10. The zero-order valence-electron chi connectivity index (χ0n) is 5.98. The predicted octanol–water partition coefficient (Wildman–Crippen LogP) is 3.72. The summed E-state index contributed by atoms with van der Waals surface area (Å²) in [6, 6.07) is 6.03. The number of hydrogen-bond donors (Lipinski definition) is 0. The third-order valence-electron chi connectivity index (χ3n) is 1.42. The maximum atomic E-state index is 12.7. The van der Waals surface area contributed by atoms with E-state index in [1.54, 1.807) is 6.07 Å². The molecular formula is C8H6BrF3. The van der Waals surface area contributed by atoms with Crippen molar-refractivity contribution in [1.82, 2.24) is 0 Å². The Morgan fingerprint density at radius 3 is 2.17 bits per heavy atom. The Hall–Kier alpha value is -0.510. The zero-order valence-corrected chi connectivity index (χ0v) is 7.56. The molecule has 0 amide bonds. The van der Waals surface area contributed by atoms with Crippen molar-refractivity contribution in [2.24, 2.45) is 0 Å². The van der Waals surface area contributed by atoms with E-state index in [9.17, 15) is 13.2 Å². The Bertz CT molecular complexity index is 262. The fourth-order valence-corrected chi connectivity index (χ4v) is 1.34. The van der Waals surface area contributed by atoms with Gasteiger partial charge in [0.15, 0.2) is 6.17 Å². The van der Waals surface area contributed by atoms with Gasteiger partial charge in [-0.2, -0.15) is 0 Å². The summed E-state index contributed by atoms with van der Waals surface area (Å²) in [4.78, 5) is 0. The van der Waals surface area contributed by atoms with Crippen molar-refractivity contribution in [3.63, 3.8) is 0 Å². The van der Waals surface area contributed by atoms with E-state index < -0.39 is 12.6 Å². The second kappa shape index (κ2) is 3.94. The summed E-state index contributed by atoms with van der Waals surface area (Å²) >= 11 is 2.99. The fraction of sp³-hybridized carbons (Fsp3) is 0.250. The van der Waals surface area contributed by atoms with Crippen molar-refractivity contribution in [1.29, 1.82) is 0 Å². The van der Waals surface area contributed by atoms with E-state index in [0.717, 1.165) is 0 Å². The van der Waals surface area contributed by atoms with E-state index in [2.05, 4.69) is 15.9 Å². The van der Waals surface area contributed by atoms with Crippen molar-refractivity contribution < 1.29 is 13.2 Å². The van der Waals surface area contributed by atoms with Gasteiger partial charge in [-0.1, -0.05) is 34.1 Å². The van der Waals surface area contributed by atoms with E-state index in [4.69, 9.17) is 0 Å². The van der Waals surface area contributed by atoms with Crippen LogP contribution in [-0.4, -0.2) is 6.43 Å². The summed E-state index contributed by atoms with van der Waals surface area (Å²) in [6.45, 7) is 0. The quantitative estimate of drug-likeness (QED) is 0.737. The van der Waals surface area contributed by atoms with Gasteiger partial charge in [-0.15, -0.1) is 0 Å². The lowest BCUT2D eigenvalue weighted by Gasteiger charge is -2.08. The molecule has 12 heavy (non-hydrogen) atoms. The first-order chi connectivity index (χ1) is 5.63. The minimum absolute atomic E-state index is 0.00694. The molecule has 0 aromatic heterocycles. The largest absolute Gasteiger partial charge is 0.273 e. The van der Waals surface area contributed by atoms with Crippen LogP contribution in [0.1, 0.15) is 11.7 Å². The first kappa shape index (κ1) is 9.58. The molecule has 0 N–H and O–H groups in total. The third-order valence-corrected chi connectivity index (χ3v) is 2.15. The molecule has 0 bridgehead atoms. The Morgan fingerprint density at radius 2 is 1.67 bits per heavy atom. The zero-order chi connectivity index (χ0) is 9.14. The Balaban J connectivity index is 2.94. The van der Waals surface area contributed by atoms with Crippen molar-refractivity contribution in [2.45, 2.75) is 12.6 Å². The maximum absolute atomic E-state index is 12.7. The molecular weight excluding hydrogens is 233 g/mol. The van der Waals surface area contributed by atoms with Crippen LogP contribution >= 0.6 is 15.9 Å². The molecule has 1 aromatic rings. The summed E-state index contributed by atoms with van der Waals surface area (Å²) < 4.78 is 36.9. The molecule has 0 aliphatic heterocycles. The van der Waals surface area contributed by atoms with Crippen LogP contribution in [0.2, 0.25) is 0 Å². The summed E-state index contributed by atoms with van der Waals surface area (Å²) in [6.07, 6.45) is -5.18. The first-order valence-electron chi connectivity index (χ1n) is 3.29. The smallest absolute Gasteiger partial charge is 0.236 e. The number of hydrogen-bond acceptors (Lipinski definition) is 0. The van der Waals surface area contributed by atoms with Crippen LogP contribution in [0.25, 0.3) is 0 Å². The summed E-state index contributed by atoms with van der Waals surface area (Å²) in [7, 11) is 0. The number of rotatable bonds is 2. The Kier molecular flexibility index (Phi) is 3.14. The van der Waals surface area contributed by atoms with Crippen molar-refractivity contribution in [3.8, 4) is 0 Å². The standard InChI is InChI=1S/C8H6BrF3/c9-6-4-2-1-3-5(6)7(10)8(11)12/h1-4,7-8H/t7-/m1/s1. The Morgan fingerprint density at radius 1 is 1.08 bits per heavy atom. The maximum Gasteiger partial charge on any atom is 0.273 e. The van der Waals surface area contributed by atoms with E-state index >= 15 is 0 Å². The molecule has 0 aliphatic carbocycles. The van der Waals surface area contributed by atoms with Crippen LogP contribution in [0.5, 0.6) is 0 Å². The molecule has 0 unspecified atom stereocenters.